The number of rotatable bonds is 5. The number of nitrogens with one attached hydrogen (secondary N) is 1. The highest BCUT2D eigenvalue weighted by Crippen LogP contribution is 2.35. The fourth-order valence-corrected chi connectivity index (χ4v) is 3.19. The zero-order chi connectivity index (χ0) is 13.0. The van der Waals surface area contributed by atoms with Crippen molar-refractivity contribution in [2.45, 2.75) is 59.0 Å². The Bertz CT molecular complexity index is 348. The van der Waals surface area contributed by atoms with Crippen LogP contribution in [0, 0.1) is 11.8 Å². The third kappa shape index (κ3) is 3.58. The summed E-state index contributed by atoms with van der Waals surface area (Å²) in [4.78, 5) is 0. The smallest absolute Gasteiger partial charge is 0.0762 e. The third-order valence-electron chi connectivity index (χ3n) is 3.92. The molecular formula is C15H27N3. The minimum absolute atomic E-state index is 0.615. The van der Waals surface area contributed by atoms with Gasteiger partial charge in [0.05, 0.1) is 11.7 Å². The molecule has 102 valence electrons. The van der Waals surface area contributed by atoms with Gasteiger partial charge < -0.3 is 5.32 Å². The Hall–Kier alpha value is -0.830. The maximum Gasteiger partial charge on any atom is 0.0762 e. The molecule has 1 aromatic heterocycles. The molecule has 0 aromatic carbocycles. The van der Waals surface area contributed by atoms with Crippen molar-refractivity contribution in [3.63, 3.8) is 0 Å². The van der Waals surface area contributed by atoms with Crippen molar-refractivity contribution >= 4 is 0 Å². The van der Waals surface area contributed by atoms with Gasteiger partial charge in [-0.15, -0.1) is 0 Å². The van der Waals surface area contributed by atoms with Gasteiger partial charge in [-0.25, -0.2) is 0 Å². The predicted molar refractivity (Wildman–Crippen MR) is 75.4 cm³/mol. The van der Waals surface area contributed by atoms with E-state index in [1.807, 2.05) is 0 Å². The second-order valence-electron chi connectivity index (χ2n) is 6.04. The van der Waals surface area contributed by atoms with Crippen molar-refractivity contribution in [2.75, 3.05) is 6.54 Å². The molecule has 3 nitrogen and oxygen atoms in total. The number of hydrogen-bond donors (Lipinski definition) is 1. The van der Waals surface area contributed by atoms with Crippen molar-refractivity contribution in [1.82, 2.24) is 15.1 Å². The van der Waals surface area contributed by atoms with Gasteiger partial charge in [-0.2, -0.15) is 5.10 Å². The van der Waals surface area contributed by atoms with Gasteiger partial charge in [-0.3, -0.25) is 4.68 Å². The Morgan fingerprint density at radius 2 is 2.00 bits per heavy atom. The molecule has 0 aliphatic heterocycles. The first-order valence-corrected chi connectivity index (χ1v) is 7.43. The molecule has 2 atom stereocenters. The standard InChI is InChI=1S/C15H27N3/c1-4-6-16-11-14-5-7-18(17-14)15-9-12(2)8-13(3)10-15/h5,7,12-13,15-16H,4,6,8-11H2,1-3H3. The van der Waals surface area contributed by atoms with E-state index in [1.54, 1.807) is 0 Å². The van der Waals surface area contributed by atoms with Crippen molar-refractivity contribution in [1.29, 1.82) is 0 Å². The van der Waals surface area contributed by atoms with Crippen LogP contribution in [0.5, 0.6) is 0 Å². The monoisotopic (exact) mass is 249 g/mol. The van der Waals surface area contributed by atoms with E-state index in [0.29, 0.717) is 6.04 Å². The number of nitrogens with zero attached hydrogens (tertiary/aromatic N) is 2. The van der Waals surface area contributed by atoms with E-state index >= 15 is 0 Å². The van der Waals surface area contributed by atoms with Crippen LogP contribution in [-0.2, 0) is 6.54 Å². The van der Waals surface area contributed by atoms with Crippen LogP contribution in [0.15, 0.2) is 12.3 Å². The zero-order valence-electron chi connectivity index (χ0n) is 12.0. The lowest BCUT2D eigenvalue weighted by atomic mass is 9.80. The van der Waals surface area contributed by atoms with E-state index in [0.717, 1.165) is 24.9 Å². The fourth-order valence-electron chi connectivity index (χ4n) is 3.19. The second-order valence-corrected chi connectivity index (χ2v) is 6.04. The zero-order valence-corrected chi connectivity index (χ0v) is 12.0. The normalized spacial score (nSPS) is 28.5. The topological polar surface area (TPSA) is 29.9 Å². The Morgan fingerprint density at radius 1 is 1.28 bits per heavy atom. The maximum atomic E-state index is 4.73. The quantitative estimate of drug-likeness (QED) is 0.811. The summed E-state index contributed by atoms with van der Waals surface area (Å²) in [5, 5.41) is 8.14. The van der Waals surface area contributed by atoms with Crippen LogP contribution in [0.4, 0.5) is 0 Å². The molecule has 1 aromatic rings. The summed E-state index contributed by atoms with van der Waals surface area (Å²) in [5.74, 6) is 1.68. The van der Waals surface area contributed by atoms with Gasteiger partial charge in [0.1, 0.15) is 0 Å². The molecule has 2 unspecified atom stereocenters. The van der Waals surface area contributed by atoms with Crippen molar-refractivity contribution in [3.05, 3.63) is 18.0 Å². The van der Waals surface area contributed by atoms with Crippen molar-refractivity contribution in [2.24, 2.45) is 11.8 Å². The summed E-state index contributed by atoms with van der Waals surface area (Å²) in [6.07, 6.45) is 7.29. The molecule has 1 fully saturated rings. The van der Waals surface area contributed by atoms with E-state index in [1.165, 1.54) is 31.4 Å². The van der Waals surface area contributed by atoms with Crippen LogP contribution in [0.2, 0.25) is 0 Å². The van der Waals surface area contributed by atoms with Crippen molar-refractivity contribution < 1.29 is 0 Å². The summed E-state index contributed by atoms with van der Waals surface area (Å²) in [7, 11) is 0. The van der Waals surface area contributed by atoms with E-state index in [4.69, 9.17) is 5.10 Å². The molecule has 0 bridgehead atoms. The van der Waals surface area contributed by atoms with E-state index < -0.39 is 0 Å². The van der Waals surface area contributed by atoms with E-state index in [9.17, 15) is 0 Å². The van der Waals surface area contributed by atoms with Crippen LogP contribution in [0.3, 0.4) is 0 Å². The molecule has 3 heteroatoms. The van der Waals surface area contributed by atoms with E-state index in [2.05, 4.69) is 43.0 Å². The summed E-state index contributed by atoms with van der Waals surface area (Å²) in [6, 6.07) is 2.77. The number of aromatic nitrogens is 2. The minimum atomic E-state index is 0.615. The molecular weight excluding hydrogens is 222 g/mol. The Kier molecular flexibility index (Phi) is 4.81. The first-order valence-electron chi connectivity index (χ1n) is 7.43. The largest absolute Gasteiger partial charge is 0.311 e. The first kappa shape index (κ1) is 13.6. The summed E-state index contributed by atoms with van der Waals surface area (Å²) in [6.45, 7) is 8.91. The lowest BCUT2D eigenvalue weighted by Gasteiger charge is -2.31. The van der Waals surface area contributed by atoms with Crippen LogP contribution >= 0.6 is 0 Å². The maximum absolute atomic E-state index is 4.73. The highest BCUT2D eigenvalue weighted by Gasteiger charge is 2.25. The Morgan fingerprint density at radius 3 is 2.67 bits per heavy atom. The van der Waals surface area contributed by atoms with Gasteiger partial charge in [-0.1, -0.05) is 20.8 Å². The van der Waals surface area contributed by atoms with Crippen LogP contribution < -0.4 is 5.32 Å². The fraction of sp³-hybridized carbons (Fsp3) is 0.800. The lowest BCUT2D eigenvalue weighted by Crippen LogP contribution is -2.23. The first-order chi connectivity index (χ1) is 8.69. The van der Waals surface area contributed by atoms with Crippen LogP contribution in [0.1, 0.15) is 58.2 Å². The molecule has 1 saturated carbocycles. The average molecular weight is 249 g/mol. The average Bonchev–Trinajstić information content (AvgIpc) is 2.77. The van der Waals surface area contributed by atoms with Crippen molar-refractivity contribution in [3.8, 4) is 0 Å². The molecule has 0 amide bonds. The van der Waals surface area contributed by atoms with Gasteiger partial charge in [0.25, 0.3) is 0 Å². The molecule has 0 spiro atoms. The molecule has 1 aliphatic rings. The van der Waals surface area contributed by atoms with E-state index in [-0.39, 0.29) is 0 Å². The molecule has 18 heavy (non-hydrogen) atoms. The predicted octanol–water partition coefficient (Wildman–Crippen LogP) is 3.38. The molecule has 2 rings (SSSR count). The van der Waals surface area contributed by atoms with Gasteiger partial charge >= 0.3 is 0 Å². The van der Waals surface area contributed by atoms with Gasteiger partial charge in [-0.05, 0) is 50.1 Å². The third-order valence-corrected chi connectivity index (χ3v) is 3.92. The lowest BCUT2D eigenvalue weighted by molar-refractivity contribution is 0.209. The molecule has 0 radical (unpaired) electrons. The number of hydrogen-bond acceptors (Lipinski definition) is 2. The summed E-state index contributed by atoms with van der Waals surface area (Å²) < 4.78 is 2.20. The SMILES string of the molecule is CCCNCc1ccn(C2CC(C)CC(C)C2)n1. The summed E-state index contributed by atoms with van der Waals surface area (Å²) >= 11 is 0. The highest BCUT2D eigenvalue weighted by molar-refractivity contribution is 5.00. The Labute approximate surface area is 111 Å². The Balaban J connectivity index is 1.92. The van der Waals surface area contributed by atoms with Crippen LogP contribution in [-0.4, -0.2) is 16.3 Å². The molecule has 0 saturated heterocycles. The molecule has 1 aliphatic carbocycles. The molecule has 1 heterocycles. The van der Waals surface area contributed by atoms with Gasteiger partial charge in [0.2, 0.25) is 0 Å². The molecule has 1 N–H and O–H groups in total. The van der Waals surface area contributed by atoms with Crippen LogP contribution in [0.25, 0.3) is 0 Å². The second kappa shape index (κ2) is 6.37. The van der Waals surface area contributed by atoms with Gasteiger partial charge in [0.15, 0.2) is 0 Å². The minimum Gasteiger partial charge on any atom is -0.311 e. The summed E-state index contributed by atoms with van der Waals surface area (Å²) in [5.41, 5.74) is 1.18. The van der Waals surface area contributed by atoms with Gasteiger partial charge in [0, 0.05) is 12.7 Å². The highest BCUT2D eigenvalue weighted by atomic mass is 15.3.